The maximum absolute atomic E-state index is 14.0. The largest absolute Gasteiger partial charge is 0.491 e. The topological polar surface area (TPSA) is 95.2 Å². The molecule has 0 amide bonds. The predicted molar refractivity (Wildman–Crippen MR) is 126 cm³/mol. The Morgan fingerprint density at radius 2 is 1.77 bits per heavy atom. The molecular weight excluding hydrogens is 485 g/mol. The molecule has 8 nitrogen and oxygen atoms in total. The van der Waals surface area contributed by atoms with Gasteiger partial charge in [-0.1, -0.05) is 30.3 Å². The first-order chi connectivity index (χ1) is 16.4. The van der Waals surface area contributed by atoms with Gasteiger partial charge < -0.3 is 9.30 Å². The van der Waals surface area contributed by atoms with E-state index in [2.05, 4.69) is 9.82 Å². The average Bonchev–Trinajstić information content (AvgIpc) is 3.14. The summed E-state index contributed by atoms with van der Waals surface area (Å²) in [5.41, 5.74) is -0.321. The number of halogens is 3. The number of ether oxygens (including phenoxy) is 1. The third kappa shape index (κ3) is 5.02. The predicted octanol–water partition coefficient (Wildman–Crippen LogP) is 3.85. The van der Waals surface area contributed by atoms with Gasteiger partial charge in [0, 0.05) is 18.8 Å². The third-order valence-electron chi connectivity index (χ3n) is 5.30. The van der Waals surface area contributed by atoms with E-state index < -0.39 is 27.5 Å². The summed E-state index contributed by atoms with van der Waals surface area (Å²) in [6.07, 6.45) is -2.50. The number of benzene rings is 2. The smallest absolute Gasteiger partial charge is 0.435 e. The molecule has 2 aromatic carbocycles. The lowest BCUT2D eigenvalue weighted by atomic mass is 10.0. The fourth-order valence-corrected chi connectivity index (χ4v) is 4.37. The Kier molecular flexibility index (Phi) is 6.09. The zero-order valence-electron chi connectivity index (χ0n) is 18.9. The van der Waals surface area contributed by atoms with Crippen LogP contribution in [-0.4, -0.2) is 36.1 Å². The molecule has 0 bridgehead atoms. The van der Waals surface area contributed by atoms with Crippen molar-refractivity contribution in [2.24, 2.45) is 7.05 Å². The highest BCUT2D eigenvalue weighted by atomic mass is 32.2. The average molecular weight is 507 g/mol. The van der Waals surface area contributed by atoms with Crippen LogP contribution in [0.5, 0.6) is 5.75 Å². The van der Waals surface area contributed by atoms with Gasteiger partial charge in [-0.05, 0) is 29.3 Å². The van der Waals surface area contributed by atoms with Crippen LogP contribution in [0.25, 0.3) is 22.0 Å². The molecule has 0 unspecified atom stereocenters. The molecule has 0 aliphatic carbocycles. The molecule has 0 radical (unpaired) electrons. The van der Waals surface area contributed by atoms with E-state index >= 15 is 0 Å². The van der Waals surface area contributed by atoms with Gasteiger partial charge >= 0.3 is 6.18 Å². The number of nitrogens with one attached hydrogen (secondary N) is 1. The molecule has 0 saturated heterocycles. The number of hydrogen-bond acceptors (Lipinski definition) is 5. The lowest BCUT2D eigenvalue weighted by molar-refractivity contribution is -0.140. The number of aromatic nitrogens is 3. The fraction of sp³-hybridized carbons (Fsp3) is 0.217. The Bertz CT molecular complexity index is 1580. The molecule has 1 N–H and O–H groups in total. The van der Waals surface area contributed by atoms with E-state index in [1.165, 1.54) is 47.8 Å². The van der Waals surface area contributed by atoms with Crippen molar-refractivity contribution in [2.45, 2.75) is 12.7 Å². The normalized spacial score (nSPS) is 12.2. The summed E-state index contributed by atoms with van der Waals surface area (Å²) in [5, 5.41) is 3.45. The molecule has 0 spiro atoms. The van der Waals surface area contributed by atoms with E-state index in [-0.39, 0.29) is 28.9 Å². The highest BCUT2D eigenvalue weighted by molar-refractivity contribution is 7.92. The van der Waals surface area contributed by atoms with Crippen molar-refractivity contribution < 1.29 is 26.3 Å². The van der Waals surface area contributed by atoms with Gasteiger partial charge in [-0.25, -0.2) is 8.42 Å². The van der Waals surface area contributed by atoms with Crippen molar-refractivity contribution >= 4 is 26.6 Å². The number of anilines is 1. The van der Waals surface area contributed by atoms with Crippen LogP contribution in [0.15, 0.2) is 59.5 Å². The number of nitrogens with zero attached hydrogens (tertiary/aromatic N) is 3. The number of aryl methyl sites for hydroxylation is 1. The first-order valence-corrected chi connectivity index (χ1v) is 12.1. The van der Waals surface area contributed by atoms with Gasteiger partial charge in [-0.15, -0.1) is 0 Å². The van der Waals surface area contributed by atoms with Crippen molar-refractivity contribution in [2.75, 3.05) is 18.1 Å². The fourth-order valence-electron chi connectivity index (χ4n) is 3.81. The molecule has 4 rings (SSSR count). The molecule has 184 valence electrons. The van der Waals surface area contributed by atoms with Gasteiger partial charge in [0.15, 0.2) is 11.4 Å². The zero-order valence-corrected chi connectivity index (χ0v) is 19.7. The lowest BCUT2D eigenvalue weighted by Gasteiger charge is -2.13. The summed E-state index contributed by atoms with van der Waals surface area (Å²) in [5.74, 6) is 0.0245. The summed E-state index contributed by atoms with van der Waals surface area (Å²) in [6, 6.07) is 13.0. The van der Waals surface area contributed by atoms with E-state index in [1.807, 2.05) is 0 Å². The van der Waals surface area contributed by atoms with Crippen molar-refractivity contribution in [1.29, 1.82) is 0 Å². The maximum atomic E-state index is 14.0. The molecule has 0 fully saturated rings. The van der Waals surface area contributed by atoms with E-state index in [1.54, 1.807) is 30.3 Å². The Hall–Kier alpha value is -3.80. The maximum Gasteiger partial charge on any atom is 0.435 e. The van der Waals surface area contributed by atoms with Gasteiger partial charge in [0.05, 0.1) is 36.5 Å². The monoisotopic (exact) mass is 506 g/mol. The first kappa shape index (κ1) is 24.3. The Labute approximate surface area is 198 Å². The zero-order chi connectivity index (χ0) is 25.5. The highest BCUT2D eigenvalue weighted by Crippen LogP contribution is 2.40. The summed E-state index contributed by atoms with van der Waals surface area (Å²) < 4.78 is 75.9. The molecular formula is C23H21F3N4O4S. The van der Waals surface area contributed by atoms with Crippen molar-refractivity contribution in [3.63, 3.8) is 0 Å². The van der Waals surface area contributed by atoms with Gasteiger partial charge in [-0.2, -0.15) is 18.3 Å². The Balaban J connectivity index is 2.06. The van der Waals surface area contributed by atoms with Gasteiger partial charge in [0.1, 0.15) is 0 Å². The Morgan fingerprint density at radius 3 is 2.37 bits per heavy atom. The van der Waals surface area contributed by atoms with E-state index in [9.17, 15) is 26.4 Å². The minimum absolute atomic E-state index is 0.0196. The summed E-state index contributed by atoms with van der Waals surface area (Å²) in [6.45, 7) is 0.0196. The van der Waals surface area contributed by atoms with Gasteiger partial charge in [0.25, 0.3) is 5.56 Å². The molecule has 35 heavy (non-hydrogen) atoms. The van der Waals surface area contributed by atoms with Crippen LogP contribution in [-0.2, 0) is 29.8 Å². The minimum atomic E-state index is -4.84. The van der Waals surface area contributed by atoms with Crippen LogP contribution in [0.1, 0.15) is 11.3 Å². The molecule has 2 aromatic heterocycles. The molecule has 0 aliphatic heterocycles. The van der Waals surface area contributed by atoms with Crippen LogP contribution in [0.4, 0.5) is 18.9 Å². The van der Waals surface area contributed by atoms with Gasteiger partial charge in [0.2, 0.25) is 10.0 Å². The molecule has 0 atom stereocenters. The lowest BCUT2D eigenvalue weighted by Crippen LogP contribution is -2.17. The summed E-state index contributed by atoms with van der Waals surface area (Å²) >= 11 is 0. The van der Waals surface area contributed by atoms with Crippen molar-refractivity contribution in [1.82, 2.24) is 14.3 Å². The molecule has 0 saturated carbocycles. The molecule has 2 heterocycles. The number of rotatable bonds is 6. The second-order valence-electron chi connectivity index (χ2n) is 7.99. The number of pyridine rings is 1. The van der Waals surface area contributed by atoms with Crippen LogP contribution in [0.2, 0.25) is 0 Å². The molecule has 12 heteroatoms. The van der Waals surface area contributed by atoms with Crippen molar-refractivity contribution in [3.8, 4) is 16.9 Å². The molecule has 0 aliphatic rings. The third-order valence-corrected chi connectivity index (χ3v) is 5.89. The first-order valence-electron chi connectivity index (χ1n) is 10.3. The minimum Gasteiger partial charge on any atom is -0.491 e. The SMILES string of the molecule is COc1cc(-c2cc(NS(C)(=O)=O)c3c(C(F)(F)F)nn(Cc4ccccc4)c3c2)cn(C)c1=O. The number of fused-ring (bicyclic) bond motifs is 1. The van der Waals surface area contributed by atoms with E-state index in [0.717, 1.165) is 6.26 Å². The van der Waals surface area contributed by atoms with E-state index in [4.69, 9.17) is 4.74 Å². The van der Waals surface area contributed by atoms with Crippen molar-refractivity contribution in [3.05, 3.63) is 76.3 Å². The second kappa shape index (κ2) is 8.77. The number of methoxy groups -OCH3 is 1. The molecule has 4 aromatic rings. The van der Waals surface area contributed by atoms with Crippen LogP contribution < -0.4 is 15.0 Å². The van der Waals surface area contributed by atoms with Crippen LogP contribution in [0.3, 0.4) is 0 Å². The Morgan fingerprint density at radius 1 is 1.09 bits per heavy atom. The second-order valence-corrected chi connectivity index (χ2v) is 9.74. The summed E-state index contributed by atoms with van der Waals surface area (Å²) in [4.78, 5) is 12.2. The van der Waals surface area contributed by atoms with Crippen LogP contribution in [0, 0.1) is 0 Å². The number of alkyl halides is 3. The summed E-state index contributed by atoms with van der Waals surface area (Å²) in [7, 11) is -1.11. The van der Waals surface area contributed by atoms with Gasteiger partial charge in [-0.3, -0.25) is 14.2 Å². The standard InChI is InChI=1S/C23H21F3N4O4S/c1-29-13-16(11-19(34-2)22(29)31)15-9-17(28-35(3,32)33)20-18(10-15)30(27-21(20)23(24,25)26)12-14-7-5-4-6-8-14/h4-11,13,28H,12H2,1-3H3. The quantitative estimate of drug-likeness (QED) is 0.429. The highest BCUT2D eigenvalue weighted by Gasteiger charge is 2.38. The van der Waals surface area contributed by atoms with E-state index in [0.29, 0.717) is 16.7 Å². The van der Waals surface area contributed by atoms with Crippen LogP contribution >= 0.6 is 0 Å². The number of hydrogen-bond donors (Lipinski definition) is 1. The number of sulfonamides is 1.